The number of carbonyl (C=O) groups excluding carboxylic acids is 1. The molecule has 6 aromatic rings. The molecule has 52 heavy (non-hydrogen) atoms. The van der Waals surface area contributed by atoms with Crippen molar-refractivity contribution in [1.82, 2.24) is 20.1 Å². The van der Waals surface area contributed by atoms with E-state index in [0.717, 1.165) is 28.7 Å². The summed E-state index contributed by atoms with van der Waals surface area (Å²) in [5.74, 6) is 3.70. The van der Waals surface area contributed by atoms with Crippen LogP contribution in [0, 0.1) is 23.5 Å². The average Bonchev–Trinajstić information content (AvgIpc) is 3.37. The van der Waals surface area contributed by atoms with Gasteiger partial charge >= 0.3 is 0 Å². The van der Waals surface area contributed by atoms with Crippen molar-refractivity contribution in [1.29, 1.82) is 0 Å². The molecule has 0 aliphatic heterocycles. The number of nitrogens with one attached hydrogen (secondary N) is 2. The Kier molecular flexibility index (Phi) is 10.1. The number of aryl methyl sites for hydroxylation is 1. The summed E-state index contributed by atoms with van der Waals surface area (Å²) in [5, 5.41) is 20.3. The second-order valence-corrected chi connectivity index (χ2v) is 15.2. The summed E-state index contributed by atoms with van der Waals surface area (Å²) in [4.78, 5) is 18.7. The van der Waals surface area contributed by atoms with Gasteiger partial charge in [0.25, 0.3) is 0 Å². The van der Waals surface area contributed by atoms with Crippen LogP contribution in [0.4, 0.5) is 14.6 Å². The second-order valence-electron chi connectivity index (χ2n) is 13.1. The van der Waals surface area contributed by atoms with Crippen LogP contribution >= 0.6 is 11.6 Å². The van der Waals surface area contributed by atoms with Gasteiger partial charge in [0, 0.05) is 24.2 Å². The van der Waals surface area contributed by atoms with E-state index in [1.165, 1.54) is 30.7 Å². The van der Waals surface area contributed by atoms with Crippen LogP contribution in [0.1, 0.15) is 42.4 Å². The van der Waals surface area contributed by atoms with Crippen LogP contribution in [0.3, 0.4) is 0 Å². The molecule has 2 heterocycles. The minimum absolute atomic E-state index is 0.000179. The molecule has 0 spiro atoms. The van der Waals surface area contributed by atoms with Crippen molar-refractivity contribution < 1.29 is 27.1 Å². The number of hydrogen-bond acceptors (Lipinski definition) is 6. The van der Waals surface area contributed by atoms with Crippen LogP contribution in [0.5, 0.6) is 0 Å². The van der Waals surface area contributed by atoms with Crippen molar-refractivity contribution in [2.24, 2.45) is 7.05 Å². The number of halogens is 3. The SMILES string of the molecule is Cn1nc(NS(C)(=O)=O)c2c(Cl)ccc(-c3ccc(C#CC(C)(C)O)nc3C(Cc3cc(F)cc(F)c3)NC(=O)Cc3ccc4ccccc4c3)c21. The van der Waals surface area contributed by atoms with Crippen molar-refractivity contribution in [2.75, 3.05) is 11.0 Å². The van der Waals surface area contributed by atoms with Gasteiger partial charge in [-0.05, 0) is 78.4 Å². The molecule has 0 aliphatic rings. The van der Waals surface area contributed by atoms with Gasteiger partial charge < -0.3 is 10.4 Å². The molecule has 0 radical (unpaired) electrons. The summed E-state index contributed by atoms with van der Waals surface area (Å²) in [6.45, 7) is 3.05. The second kappa shape index (κ2) is 14.3. The molecule has 1 amide bonds. The molecule has 0 saturated heterocycles. The first-order valence-corrected chi connectivity index (χ1v) is 18.4. The third kappa shape index (κ3) is 8.57. The Labute approximate surface area is 304 Å². The van der Waals surface area contributed by atoms with Crippen LogP contribution in [0.2, 0.25) is 5.02 Å². The average molecular weight is 742 g/mol. The third-order valence-electron chi connectivity index (χ3n) is 8.14. The fourth-order valence-electron chi connectivity index (χ4n) is 6.06. The van der Waals surface area contributed by atoms with Crippen molar-refractivity contribution in [3.05, 3.63) is 124 Å². The van der Waals surface area contributed by atoms with Crippen LogP contribution in [-0.2, 0) is 34.7 Å². The van der Waals surface area contributed by atoms with Crippen molar-refractivity contribution in [3.63, 3.8) is 0 Å². The van der Waals surface area contributed by atoms with E-state index in [2.05, 4.69) is 27.0 Å². The summed E-state index contributed by atoms with van der Waals surface area (Å²) >= 11 is 6.62. The first-order chi connectivity index (χ1) is 24.5. The quantitative estimate of drug-likeness (QED) is 0.139. The lowest BCUT2D eigenvalue weighted by Crippen LogP contribution is -2.32. The standard InChI is InChI=1S/C39H34ClF2N5O4S/c1-39(2,49)16-15-29-11-12-30(31-13-14-32(40)35-37(31)47(3)45-38(35)46-52(4,50)51)36(43-29)33(20-24-18-27(41)22-28(42)19-24)44-34(48)21-23-9-10-25-7-5-6-8-26(25)17-23/h5-14,17-19,22,33,49H,20-21H2,1-4H3,(H,44,48)(H,45,46). The lowest BCUT2D eigenvalue weighted by Gasteiger charge is -2.23. The van der Waals surface area contributed by atoms with Gasteiger partial charge in [0.2, 0.25) is 15.9 Å². The lowest BCUT2D eigenvalue weighted by atomic mass is 9.93. The smallest absolute Gasteiger partial charge is 0.231 e. The number of aliphatic hydroxyl groups is 1. The summed E-state index contributed by atoms with van der Waals surface area (Å²) in [5.41, 5.74) is 1.69. The fraction of sp³-hybridized carbons (Fsp3) is 0.205. The normalized spacial score (nSPS) is 12.4. The Morgan fingerprint density at radius 2 is 1.65 bits per heavy atom. The molecule has 1 atom stereocenters. The Morgan fingerprint density at radius 3 is 2.35 bits per heavy atom. The van der Waals surface area contributed by atoms with Gasteiger partial charge in [-0.15, -0.1) is 0 Å². The Hall–Kier alpha value is -5.35. The molecule has 266 valence electrons. The highest BCUT2D eigenvalue weighted by molar-refractivity contribution is 7.92. The number of benzene rings is 4. The highest BCUT2D eigenvalue weighted by Crippen LogP contribution is 2.40. The highest BCUT2D eigenvalue weighted by atomic mass is 35.5. The van der Waals surface area contributed by atoms with Gasteiger partial charge in [-0.25, -0.2) is 22.2 Å². The number of carbonyl (C=O) groups is 1. The fourth-order valence-corrected chi connectivity index (χ4v) is 6.79. The topological polar surface area (TPSA) is 126 Å². The third-order valence-corrected chi connectivity index (χ3v) is 9.02. The van der Waals surface area contributed by atoms with Gasteiger partial charge in [-0.1, -0.05) is 66.1 Å². The van der Waals surface area contributed by atoms with Gasteiger partial charge in [-0.2, -0.15) is 5.10 Å². The maximum Gasteiger partial charge on any atom is 0.231 e. The molecule has 2 aromatic heterocycles. The molecule has 13 heteroatoms. The maximum atomic E-state index is 14.5. The lowest BCUT2D eigenvalue weighted by molar-refractivity contribution is -0.121. The Morgan fingerprint density at radius 1 is 0.962 bits per heavy atom. The van der Waals surface area contributed by atoms with E-state index in [-0.39, 0.29) is 40.8 Å². The number of amides is 1. The van der Waals surface area contributed by atoms with E-state index in [4.69, 9.17) is 16.6 Å². The number of sulfonamides is 1. The minimum atomic E-state index is -3.73. The molecule has 6 rings (SSSR count). The number of fused-ring (bicyclic) bond motifs is 2. The zero-order valence-corrected chi connectivity index (χ0v) is 30.2. The van der Waals surface area contributed by atoms with E-state index in [1.807, 2.05) is 42.5 Å². The number of anilines is 1. The van der Waals surface area contributed by atoms with Crippen molar-refractivity contribution >= 4 is 55.0 Å². The molecule has 4 aromatic carbocycles. The van der Waals surface area contributed by atoms with E-state index >= 15 is 0 Å². The minimum Gasteiger partial charge on any atom is -0.378 e. The summed E-state index contributed by atoms with van der Waals surface area (Å²) < 4.78 is 57.3. The van der Waals surface area contributed by atoms with Crippen LogP contribution in [0.25, 0.3) is 32.8 Å². The molecule has 9 nitrogen and oxygen atoms in total. The molecule has 0 bridgehead atoms. The summed E-state index contributed by atoms with van der Waals surface area (Å²) in [6.07, 6.45) is 0.935. The van der Waals surface area contributed by atoms with E-state index in [0.29, 0.717) is 27.7 Å². The molecule has 0 fully saturated rings. The van der Waals surface area contributed by atoms with Gasteiger partial charge in [0.15, 0.2) is 5.82 Å². The predicted octanol–water partition coefficient (Wildman–Crippen LogP) is 6.86. The Bertz CT molecular complexity index is 2520. The van der Waals surface area contributed by atoms with Crippen molar-refractivity contribution in [3.8, 4) is 23.0 Å². The molecule has 1 unspecified atom stereocenters. The highest BCUT2D eigenvalue weighted by Gasteiger charge is 2.26. The van der Waals surface area contributed by atoms with E-state index in [1.54, 1.807) is 31.3 Å². The van der Waals surface area contributed by atoms with Crippen molar-refractivity contribution in [2.45, 2.75) is 38.3 Å². The molecule has 3 N–H and O–H groups in total. The monoisotopic (exact) mass is 741 g/mol. The number of nitrogens with zero attached hydrogens (tertiary/aromatic N) is 3. The van der Waals surface area contributed by atoms with Gasteiger partial charge in [0.1, 0.15) is 22.9 Å². The number of pyridine rings is 1. The molecular weight excluding hydrogens is 708 g/mol. The molecular formula is C39H34ClF2N5O4S. The number of aromatic nitrogens is 3. The first-order valence-electron chi connectivity index (χ1n) is 16.1. The van der Waals surface area contributed by atoms with Gasteiger partial charge in [0.05, 0.1) is 40.3 Å². The van der Waals surface area contributed by atoms with E-state index in [9.17, 15) is 27.1 Å². The van der Waals surface area contributed by atoms with Gasteiger partial charge in [-0.3, -0.25) is 14.2 Å². The molecule has 0 aliphatic carbocycles. The molecule has 0 saturated carbocycles. The summed E-state index contributed by atoms with van der Waals surface area (Å²) in [7, 11) is -2.10. The van der Waals surface area contributed by atoms with Crippen LogP contribution in [-0.4, -0.2) is 46.1 Å². The number of hydrogen-bond donors (Lipinski definition) is 3. The van der Waals surface area contributed by atoms with Crippen LogP contribution < -0.4 is 10.0 Å². The van der Waals surface area contributed by atoms with E-state index < -0.39 is 33.3 Å². The summed E-state index contributed by atoms with van der Waals surface area (Å²) in [6, 6.07) is 22.4. The zero-order chi connectivity index (χ0) is 37.4. The number of rotatable bonds is 9. The first kappa shape index (κ1) is 36.4. The van der Waals surface area contributed by atoms with Crippen LogP contribution in [0.15, 0.2) is 84.9 Å². The largest absolute Gasteiger partial charge is 0.378 e. The zero-order valence-electron chi connectivity index (χ0n) is 28.6. The Balaban J connectivity index is 1.52. The predicted molar refractivity (Wildman–Crippen MR) is 199 cm³/mol. The maximum absolute atomic E-state index is 14.5.